The molecule has 0 spiro atoms. The summed E-state index contributed by atoms with van der Waals surface area (Å²) in [7, 11) is 5.20. The van der Waals surface area contributed by atoms with Gasteiger partial charge in [-0.3, -0.25) is 4.90 Å². The summed E-state index contributed by atoms with van der Waals surface area (Å²) in [5.74, 6) is 1.66. The topological polar surface area (TPSA) is 102 Å². The maximum absolute atomic E-state index is 6.55. The smallest absolute Gasteiger partial charge is 0.154 e. The summed E-state index contributed by atoms with van der Waals surface area (Å²) < 4.78 is 10.7. The van der Waals surface area contributed by atoms with Crippen molar-refractivity contribution >= 4 is 40.5 Å². The molecule has 1 saturated heterocycles. The lowest BCUT2D eigenvalue weighted by molar-refractivity contribution is 0.148. The number of piperazine rings is 1. The van der Waals surface area contributed by atoms with E-state index in [4.69, 9.17) is 44.1 Å². The molecule has 3 aromatic rings. The third-order valence-electron chi connectivity index (χ3n) is 6.24. The molecule has 0 saturated carbocycles. The molecule has 2 aromatic carbocycles. The fourth-order valence-electron chi connectivity index (χ4n) is 4.11. The zero-order valence-corrected chi connectivity index (χ0v) is 22.1. The SMILES string of the molecule is COc1cc(OC)c(Cl)c(-c2ccc(C(N)=Nc3ccc(CN4CCN(C)CC4)cn3)c(N)c2)c1Cl. The van der Waals surface area contributed by atoms with Gasteiger partial charge in [-0.2, -0.15) is 0 Å². The number of rotatable bonds is 7. The molecule has 1 aromatic heterocycles. The Morgan fingerprint density at radius 2 is 1.67 bits per heavy atom. The van der Waals surface area contributed by atoms with Crippen LogP contribution >= 0.6 is 23.2 Å². The summed E-state index contributed by atoms with van der Waals surface area (Å²) in [5.41, 5.74) is 16.1. The first-order chi connectivity index (χ1) is 17.3. The van der Waals surface area contributed by atoms with Gasteiger partial charge >= 0.3 is 0 Å². The van der Waals surface area contributed by atoms with Gasteiger partial charge < -0.3 is 25.8 Å². The number of hydrogen-bond donors (Lipinski definition) is 2. The van der Waals surface area contributed by atoms with Crippen LogP contribution in [0.1, 0.15) is 11.1 Å². The molecule has 4 N–H and O–H groups in total. The number of amidine groups is 1. The van der Waals surface area contributed by atoms with Crippen LogP contribution < -0.4 is 20.9 Å². The highest BCUT2D eigenvalue weighted by atomic mass is 35.5. The Balaban J connectivity index is 1.54. The van der Waals surface area contributed by atoms with Crippen LogP contribution in [-0.2, 0) is 6.54 Å². The highest BCUT2D eigenvalue weighted by Crippen LogP contribution is 2.46. The van der Waals surface area contributed by atoms with E-state index in [0.29, 0.717) is 49.7 Å². The van der Waals surface area contributed by atoms with Gasteiger partial charge in [0.25, 0.3) is 0 Å². The molecule has 0 atom stereocenters. The molecule has 0 bridgehead atoms. The molecular formula is C26H30Cl2N6O2. The summed E-state index contributed by atoms with van der Waals surface area (Å²) >= 11 is 13.1. The summed E-state index contributed by atoms with van der Waals surface area (Å²) in [4.78, 5) is 13.7. The summed E-state index contributed by atoms with van der Waals surface area (Å²) in [6.07, 6.45) is 1.84. The lowest BCUT2D eigenvalue weighted by Crippen LogP contribution is -2.43. The fourth-order valence-corrected chi connectivity index (χ4v) is 4.83. The van der Waals surface area contributed by atoms with Gasteiger partial charge in [0.05, 0.1) is 24.3 Å². The molecule has 190 valence electrons. The Labute approximate surface area is 221 Å². The number of anilines is 1. The van der Waals surface area contributed by atoms with E-state index in [2.05, 4.69) is 26.8 Å². The number of nitrogen functional groups attached to an aromatic ring is 1. The van der Waals surface area contributed by atoms with E-state index in [9.17, 15) is 0 Å². The maximum Gasteiger partial charge on any atom is 0.154 e. The van der Waals surface area contributed by atoms with E-state index in [1.807, 2.05) is 24.4 Å². The van der Waals surface area contributed by atoms with E-state index in [1.165, 1.54) is 14.2 Å². The van der Waals surface area contributed by atoms with E-state index in [0.717, 1.165) is 38.3 Å². The molecule has 2 heterocycles. The Hall–Kier alpha value is -3.04. The first kappa shape index (κ1) is 26.0. The van der Waals surface area contributed by atoms with Crippen LogP contribution in [0.3, 0.4) is 0 Å². The molecule has 36 heavy (non-hydrogen) atoms. The molecular weight excluding hydrogens is 499 g/mol. The second-order valence-electron chi connectivity index (χ2n) is 8.69. The number of benzene rings is 2. The monoisotopic (exact) mass is 528 g/mol. The molecule has 4 rings (SSSR count). The van der Waals surface area contributed by atoms with Crippen molar-refractivity contribution in [1.82, 2.24) is 14.8 Å². The van der Waals surface area contributed by atoms with Crippen LogP contribution in [0, 0.1) is 0 Å². The number of likely N-dealkylation sites (N-methyl/N-ethyl adjacent to an activating group) is 1. The second-order valence-corrected chi connectivity index (χ2v) is 9.44. The predicted molar refractivity (Wildman–Crippen MR) is 147 cm³/mol. The lowest BCUT2D eigenvalue weighted by Gasteiger charge is -2.32. The van der Waals surface area contributed by atoms with Crippen LogP contribution in [0.25, 0.3) is 11.1 Å². The predicted octanol–water partition coefficient (Wildman–Crippen LogP) is 4.44. The Bertz CT molecular complexity index is 1230. The van der Waals surface area contributed by atoms with Crippen LogP contribution in [0.4, 0.5) is 11.5 Å². The van der Waals surface area contributed by atoms with Crippen LogP contribution in [0.15, 0.2) is 47.6 Å². The maximum atomic E-state index is 6.55. The third-order valence-corrected chi connectivity index (χ3v) is 6.99. The zero-order chi connectivity index (χ0) is 25.8. The van der Waals surface area contributed by atoms with Gasteiger partial charge in [0.2, 0.25) is 0 Å². The minimum absolute atomic E-state index is 0.263. The fraction of sp³-hybridized carbons (Fsp3) is 0.308. The number of ether oxygens (including phenoxy) is 2. The third kappa shape index (κ3) is 5.68. The number of aromatic nitrogens is 1. The van der Waals surface area contributed by atoms with Gasteiger partial charge in [0.15, 0.2) is 5.82 Å². The van der Waals surface area contributed by atoms with Gasteiger partial charge in [-0.15, -0.1) is 0 Å². The molecule has 8 nitrogen and oxygen atoms in total. The molecule has 1 fully saturated rings. The quantitative estimate of drug-likeness (QED) is 0.265. The summed E-state index contributed by atoms with van der Waals surface area (Å²) in [6.45, 7) is 5.14. The van der Waals surface area contributed by atoms with Gasteiger partial charge in [0, 0.05) is 61.8 Å². The average molecular weight is 529 g/mol. The Morgan fingerprint density at radius 1 is 1.00 bits per heavy atom. The molecule has 1 aliphatic rings. The van der Waals surface area contributed by atoms with Crippen molar-refractivity contribution in [2.75, 3.05) is 53.2 Å². The van der Waals surface area contributed by atoms with Gasteiger partial charge in [0.1, 0.15) is 17.3 Å². The average Bonchev–Trinajstić information content (AvgIpc) is 2.87. The molecule has 0 amide bonds. The van der Waals surface area contributed by atoms with Gasteiger partial charge in [-0.1, -0.05) is 35.3 Å². The number of hydrogen-bond acceptors (Lipinski definition) is 7. The molecule has 1 aliphatic heterocycles. The minimum Gasteiger partial charge on any atom is -0.495 e. The van der Waals surface area contributed by atoms with Crippen molar-refractivity contribution in [3.05, 3.63) is 63.8 Å². The summed E-state index contributed by atoms with van der Waals surface area (Å²) in [5, 5.41) is 0.718. The zero-order valence-electron chi connectivity index (χ0n) is 20.6. The second kappa shape index (κ2) is 11.3. The Kier molecular flexibility index (Phi) is 8.21. The first-order valence-corrected chi connectivity index (χ1v) is 12.3. The summed E-state index contributed by atoms with van der Waals surface area (Å²) in [6, 6.07) is 10.9. The van der Waals surface area contributed by atoms with Crippen LogP contribution in [0.2, 0.25) is 10.0 Å². The van der Waals surface area contributed by atoms with Crippen molar-refractivity contribution in [1.29, 1.82) is 0 Å². The van der Waals surface area contributed by atoms with Crippen LogP contribution in [-0.4, -0.2) is 68.1 Å². The number of aliphatic imine (C=N–C) groups is 1. The van der Waals surface area contributed by atoms with Crippen LogP contribution in [0.5, 0.6) is 11.5 Å². The molecule has 0 aliphatic carbocycles. The van der Waals surface area contributed by atoms with Crippen molar-refractivity contribution in [3.8, 4) is 22.6 Å². The van der Waals surface area contributed by atoms with E-state index in [-0.39, 0.29) is 5.84 Å². The number of halogens is 2. The number of pyridine rings is 1. The molecule has 10 heteroatoms. The van der Waals surface area contributed by atoms with Gasteiger partial charge in [-0.25, -0.2) is 9.98 Å². The highest BCUT2D eigenvalue weighted by Gasteiger charge is 2.20. The Morgan fingerprint density at radius 3 is 2.22 bits per heavy atom. The minimum atomic E-state index is 0.263. The molecule has 0 radical (unpaired) electrons. The number of methoxy groups -OCH3 is 2. The van der Waals surface area contributed by atoms with Crippen molar-refractivity contribution < 1.29 is 9.47 Å². The largest absolute Gasteiger partial charge is 0.495 e. The standard InChI is InChI=1S/C26H30Cl2N6O2/c1-33-8-10-34(11-9-33)15-16-4-7-22(31-14-16)32-26(30)18-6-5-17(12-19(18)29)23-24(27)20(35-2)13-21(36-3)25(23)28/h4-7,12-14H,8-11,15,29H2,1-3H3,(H2,30,31,32). The van der Waals surface area contributed by atoms with E-state index in [1.54, 1.807) is 18.2 Å². The van der Waals surface area contributed by atoms with E-state index < -0.39 is 0 Å². The lowest BCUT2D eigenvalue weighted by atomic mass is 10.0. The van der Waals surface area contributed by atoms with Gasteiger partial charge in [-0.05, 0) is 36.4 Å². The van der Waals surface area contributed by atoms with Crippen molar-refractivity contribution in [3.63, 3.8) is 0 Å². The van der Waals surface area contributed by atoms with E-state index >= 15 is 0 Å². The number of nitrogens with zero attached hydrogens (tertiary/aromatic N) is 4. The number of nitrogens with two attached hydrogens (primary N) is 2. The first-order valence-electron chi connectivity index (χ1n) is 11.5. The highest BCUT2D eigenvalue weighted by molar-refractivity contribution is 6.41. The van der Waals surface area contributed by atoms with Crippen molar-refractivity contribution in [2.24, 2.45) is 10.7 Å². The van der Waals surface area contributed by atoms with Crippen molar-refractivity contribution in [2.45, 2.75) is 6.54 Å². The molecule has 0 unspecified atom stereocenters. The normalized spacial score (nSPS) is 15.2.